The third-order valence-corrected chi connectivity index (χ3v) is 9.55. The fraction of sp³-hybridized carbons (Fsp3) is 0.333. The van der Waals surface area contributed by atoms with Crippen LogP contribution in [0.4, 0.5) is 15.8 Å². The van der Waals surface area contributed by atoms with Crippen molar-refractivity contribution in [1.82, 2.24) is 0 Å². The second kappa shape index (κ2) is 5.86. The molecule has 0 radical (unpaired) electrons. The minimum absolute atomic E-state index is 0.237. The van der Waals surface area contributed by atoms with Gasteiger partial charge in [-0.05, 0) is 12.1 Å². The van der Waals surface area contributed by atoms with Crippen LogP contribution in [0.5, 0.6) is 0 Å². The van der Waals surface area contributed by atoms with E-state index in [0.717, 1.165) is 18.2 Å². The van der Waals surface area contributed by atoms with Crippen LogP contribution >= 0.6 is 69.6 Å². The molecule has 0 unspecified atom stereocenters. The van der Waals surface area contributed by atoms with Gasteiger partial charge in [0, 0.05) is 6.07 Å². The van der Waals surface area contributed by atoms with Crippen molar-refractivity contribution in [3.05, 3.63) is 44.2 Å². The Balaban J connectivity index is 1.89. The summed E-state index contributed by atoms with van der Waals surface area (Å²) in [6, 6.07) is 2.55. The van der Waals surface area contributed by atoms with Gasteiger partial charge in [0.05, 0.1) is 32.5 Å². The molecular formula is C15H5Cl6FN2O4. The molecule has 4 rings (SSSR count). The summed E-state index contributed by atoms with van der Waals surface area (Å²) in [4.78, 5) is 32.8. The molecule has 2 bridgehead atoms. The van der Waals surface area contributed by atoms with E-state index in [1.807, 2.05) is 0 Å². The van der Waals surface area contributed by atoms with Gasteiger partial charge in [-0.25, -0.2) is 4.90 Å². The van der Waals surface area contributed by atoms with Crippen LogP contribution in [0.1, 0.15) is 0 Å². The average Bonchev–Trinajstić information content (AvgIpc) is 3.00. The van der Waals surface area contributed by atoms with E-state index in [-0.39, 0.29) is 15.8 Å². The number of benzene rings is 1. The predicted molar refractivity (Wildman–Crippen MR) is 103 cm³/mol. The highest BCUT2D eigenvalue weighted by Crippen LogP contribution is 2.77. The minimum Gasteiger partial charge on any atom is -0.274 e. The third-order valence-electron chi connectivity index (χ3n) is 5.29. The molecule has 2 amide bonds. The van der Waals surface area contributed by atoms with E-state index in [1.54, 1.807) is 0 Å². The molecule has 1 heterocycles. The molecule has 0 N–H and O–H groups in total. The second-order valence-electron chi connectivity index (χ2n) is 6.49. The number of nitro benzene ring substituents is 1. The largest absolute Gasteiger partial charge is 0.306 e. The number of halogens is 7. The molecule has 13 heteroatoms. The average molecular weight is 509 g/mol. The maximum absolute atomic E-state index is 13.6. The summed E-state index contributed by atoms with van der Waals surface area (Å²) in [5, 5.41) is 10.5. The molecule has 1 aromatic carbocycles. The summed E-state index contributed by atoms with van der Waals surface area (Å²) >= 11 is 38.2. The van der Waals surface area contributed by atoms with Crippen molar-refractivity contribution in [2.45, 2.75) is 14.1 Å². The lowest BCUT2D eigenvalue weighted by Crippen LogP contribution is -2.50. The monoisotopic (exact) mass is 506 g/mol. The molecule has 1 aliphatic heterocycles. The van der Waals surface area contributed by atoms with Crippen molar-refractivity contribution >= 4 is 92.8 Å². The number of imide groups is 1. The van der Waals surface area contributed by atoms with Gasteiger partial charge in [0.1, 0.15) is 9.75 Å². The first-order valence-corrected chi connectivity index (χ1v) is 9.73. The lowest BCUT2D eigenvalue weighted by atomic mass is 9.84. The molecule has 6 nitrogen and oxygen atoms in total. The maximum atomic E-state index is 13.6. The summed E-state index contributed by atoms with van der Waals surface area (Å²) in [7, 11) is 0. The normalized spacial score (nSPS) is 35.8. The molecule has 2 fully saturated rings. The van der Waals surface area contributed by atoms with Gasteiger partial charge in [0.25, 0.3) is 0 Å². The van der Waals surface area contributed by atoms with Gasteiger partial charge in [-0.2, -0.15) is 4.39 Å². The molecule has 2 aliphatic carbocycles. The SMILES string of the molecule is O=C1[C@@H]2[C@@H](C(=O)N1c1ccc(F)c([N+](=O)[O-])c1)[C@]1(Cl)C(Cl)=C(Cl)[C@]2(Cl)C1(Cl)Cl. The molecule has 3 aliphatic rings. The molecule has 0 aromatic heterocycles. The fourth-order valence-corrected chi connectivity index (χ4v) is 6.96. The molecule has 0 spiro atoms. The van der Waals surface area contributed by atoms with E-state index in [1.165, 1.54) is 0 Å². The number of allylic oxidation sites excluding steroid dienone is 2. The Labute approximate surface area is 186 Å². The van der Waals surface area contributed by atoms with E-state index < -0.39 is 54.2 Å². The van der Waals surface area contributed by atoms with Gasteiger partial charge < -0.3 is 0 Å². The number of carbonyl (C=O) groups excluding carboxylic acids is 2. The van der Waals surface area contributed by atoms with Crippen LogP contribution in [0.2, 0.25) is 0 Å². The highest BCUT2D eigenvalue weighted by atomic mass is 35.5. The van der Waals surface area contributed by atoms with Crippen LogP contribution in [-0.2, 0) is 9.59 Å². The number of fused-ring (bicyclic) bond motifs is 5. The number of carbonyl (C=O) groups is 2. The zero-order valence-electron chi connectivity index (χ0n) is 13.1. The lowest BCUT2D eigenvalue weighted by molar-refractivity contribution is -0.387. The Morgan fingerprint density at radius 1 is 1.00 bits per heavy atom. The van der Waals surface area contributed by atoms with Gasteiger partial charge in [0.2, 0.25) is 17.6 Å². The summed E-state index contributed by atoms with van der Waals surface area (Å²) in [6.07, 6.45) is 0. The van der Waals surface area contributed by atoms with E-state index in [9.17, 15) is 24.1 Å². The van der Waals surface area contributed by atoms with E-state index in [4.69, 9.17) is 69.6 Å². The number of anilines is 1. The van der Waals surface area contributed by atoms with E-state index >= 15 is 0 Å². The number of hydrogen-bond donors (Lipinski definition) is 0. The summed E-state index contributed by atoms with van der Waals surface area (Å²) in [5.74, 6) is -5.67. The minimum atomic E-state index is -2.08. The third kappa shape index (κ3) is 1.98. The molecule has 148 valence electrons. The van der Waals surface area contributed by atoms with Crippen molar-refractivity contribution in [2.75, 3.05) is 4.90 Å². The molecule has 1 aromatic rings. The quantitative estimate of drug-likeness (QED) is 0.251. The van der Waals surface area contributed by atoms with Crippen molar-refractivity contribution in [3.8, 4) is 0 Å². The lowest BCUT2D eigenvalue weighted by Gasteiger charge is -2.34. The van der Waals surface area contributed by atoms with Crippen LogP contribution in [0.3, 0.4) is 0 Å². The number of hydrogen-bond acceptors (Lipinski definition) is 4. The van der Waals surface area contributed by atoms with Crippen LogP contribution in [0.25, 0.3) is 0 Å². The van der Waals surface area contributed by atoms with Crippen LogP contribution in [0, 0.1) is 27.8 Å². The number of amides is 2. The Bertz CT molecular complexity index is 986. The Morgan fingerprint density at radius 2 is 1.46 bits per heavy atom. The Hall–Kier alpha value is -0.830. The predicted octanol–water partition coefficient (Wildman–Crippen LogP) is 4.69. The van der Waals surface area contributed by atoms with Gasteiger partial charge in [0.15, 0.2) is 4.33 Å². The maximum Gasteiger partial charge on any atom is 0.306 e. The number of nitrogens with zero attached hydrogens (tertiary/aromatic N) is 2. The first-order valence-electron chi connectivity index (χ1n) is 7.47. The zero-order valence-corrected chi connectivity index (χ0v) is 17.6. The van der Waals surface area contributed by atoms with Crippen molar-refractivity contribution < 1.29 is 18.9 Å². The van der Waals surface area contributed by atoms with Gasteiger partial charge >= 0.3 is 5.69 Å². The summed E-state index contributed by atoms with van der Waals surface area (Å²) < 4.78 is 11.6. The van der Waals surface area contributed by atoms with E-state index in [0.29, 0.717) is 4.90 Å². The molecule has 1 saturated heterocycles. The molecule has 28 heavy (non-hydrogen) atoms. The number of nitro groups is 1. The highest BCUT2D eigenvalue weighted by Gasteiger charge is 2.87. The highest BCUT2D eigenvalue weighted by molar-refractivity contribution is 6.67. The van der Waals surface area contributed by atoms with Gasteiger partial charge in [-0.1, -0.05) is 46.4 Å². The fourth-order valence-electron chi connectivity index (χ4n) is 4.03. The second-order valence-corrected chi connectivity index (χ2v) is 9.76. The smallest absolute Gasteiger partial charge is 0.274 e. The number of rotatable bonds is 2. The molecule has 1 saturated carbocycles. The standard InChI is InChI=1S/C15H5Cl6FN2O4/c16-9-10(17)14(19)8-7(13(9,18)15(14,20)21)11(25)23(12(8)26)4-1-2-5(22)6(3-4)24(27)28/h1-3,7-8H/t7-,8-,13-,14-/m0/s1. The Kier molecular flexibility index (Phi) is 4.28. The number of alkyl halides is 4. The van der Waals surface area contributed by atoms with Crippen LogP contribution in [0.15, 0.2) is 28.3 Å². The van der Waals surface area contributed by atoms with Crippen molar-refractivity contribution in [3.63, 3.8) is 0 Å². The first kappa shape index (κ1) is 20.4. The van der Waals surface area contributed by atoms with Gasteiger partial charge in [-0.15, -0.1) is 23.2 Å². The van der Waals surface area contributed by atoms with Crippen molar-refractivity contribution in [2.24, 2.45) is 11.8 Å². The van der Waals surface area contributed by atoms with Crippen LogP contribution < -0.4 is 4.90 Å². The molecule has 4 atom stereocenters. The van der Waals surface area contributed by atoms with E-state index in [2.05, 4.69) is 0 Å². The Morgan fingerprint density at radius 3 is 1.89 bits per heavy atom. The van der Waals surface area contributed by atoms with Crippen molar-refractivity contribution in [1.29, 1.82) is 0 Å². The molecular weight excluding hydrogens is 504 g/mol. The first-order chi connectivity index (χ1) is 12.8. The summed E-state index contributed by atoms with van der Waals surface area (Å²) in [6.45, 7) is 0. The van der Waals surface area contributed by atoms with Crippen LogP contribution in [-0.4, -0.2) is 30.8 Å². The topological polar surface area (TPSA) is 80.5 Å². The zero-order chi connectivity index (χ0) is 21.0. The summed E-state index contributed by atoms with van der Waals surface area (Å²) in [5.41, 5.74) is -1.16. The van der Waals surface area contributed by atoms with Gasteiger partial charge in [-0.3, -0.25) is 19.7 Å².